The van der Waals surface area contributed by atoms with Crippen LogP contribution in [0, 0.1) is 3.57 Å². The largest absolute Gasteiger partial charge is 0.504 e. The average Bonchev–Trinajstić information content (AvgIpc) is 2.96. The minimum Gasteiger partial charge on any atom is -0.504 e. The molecule has 0 atom stereocenters. The maximum atomic E-state index is 11.7. The van der Waals surface area contributed by atoms with Crippen LogP contribution in [0.3, 0.4) is 0 Å². The van der Waals surface area contributed by atoms with Crippen molar-refractivity contribution >= 4 is 46.0 Å². The number of aromatic hydroxyl groups is 1. The highest BCUT2D eigenvalue weighted by molar-refractivity contribution is 14.1. The van der Waals surface area contributed by atoms with Crippen LogP contribution in [0.15, 0.2) is 34.7 Å². The van der Waals surface area contributed by atoms with E-state index in [9.17, 15) is 9.90 Å². The highest BCUT2D eigenvalue weighted by Crippen LogP contribution is 2.31. The molecule has 7 heteroatoms. The lowest BCUT2D eigenvalue weighted by Gasteiger charge is -2.06. The van der Waals surface area contributed by atoms with Crippen molar-refractivity contribution in [2.45, 2.75) is 0 Å². The predicted molar refractivity (Wildman–Crippen MR) is 86.8 cm³/mol. The summed E-state index contributed by atoms with van der Waals surface area (Å²) in [4.78, 5) is 12.3. The van der Waals surface area contributed by atoms with Crippen molar-refractivity contribution in [3.63, 3.8) is 0 Å². The zero-order valence-corrected chi connectivity index (χ0v) is 13.4. The normalized spacial score (nSPS) is 10.7. The van der Waals surface area contributed by atoms with Crippen molar-refractivity contribution in [3.05, 3.63) is 43.7 Å². The number of hydrazone groups is 1. The molecule has 1 amide bonds. The summed E-state index contributed by atoms with van der Waals surface area (Å²) in [6.45, 7) is 0. The third kappa shape index (κ3) is 3.48. The molecule has 0 aliphatic heterocycles. The highest BCUT2D eigenvalue weighted by Gasteiger charge is 2.08. The topological polar surface area (TPSA) is 70.9 Å². The number of carbonyl (C=O) groups excluding carboxylic acids is 1. The van der Waals surface area contributed by atoms with Gasteiger partial charge in [0.25, 0.3) is 5.91 Å². The molecule has 20 heavy (non-hydrogen) atoms. The Morgan fingerprint density at radius 2 is 2.35 bits per heavy atom. The number of nitrogens with zero attached hydrogens (tertiary/aromatic N) is 1. The summed E-state index contributed by atoms with van der Waals surface area (Å²) in [5.41, 5.74) is 3.16. The van der Waals surface area contributed by atoms with E-state index in [-0.39, 0.29) is 11.7 Å². The molecule has 0 spiro atoms. The van der Waals surface area contributed by atoms with Gasteiger partial charge in [-0.1, -0.05) is 6.07 Å². The van der Waals surface area contributed by atoms with Crippen molar-refractivity contribution in [1.29, 1.82) is 0 Å². The number of nitrogens with one attached hydrogen (secondary N) is 1. The van der Waals surface area contributed by atoms with Gasteiger partial charge in [-0.2, -0.15) is 5.10 Å². The fraction of sp³-hybridized carbons (Fsp3) is 0.0769. The molecular formula is C13H11IN2O3S. The fourth-order valence-corrected chi connectivity index (χ4v) is 2.69. The van der Waals surface area contributed by atoms with E-state index in [1.807, 2.05) is 28.0 Å². The Morgan fingerprint density at radius 3 is 3.00 bits per heavy atom. The number of amides is 1. The van der Waals surface area contributed by atoms with E-state index < -0.39 is 0 Å². The molecule has 1 aromatic carbocycles. The fourth-order valence-electron chi connectivity index (χ4n) is 1.45. The van der Waals surface area contributed by atoms with Crippen LogP contribution >= 0.6 is 33.9 Å². The van der Waals surface area contributed by atoms with Crippen LogP contribution in [-0.2, 0) is 0 Å². The molecule has 0 aliphatic rings. The van der Waals surface area contributed by atoms with Crippen LogP contribution in [0.25, 0.3) is 0 Å². The summed E-state index contributed by atoms with van der Waals surface area (Å²) in [5, 5.41) is 15.4. The van der Waals surface area contributed by atoms with Gasteiger partial charge in [0.15, 0.2) is 11.5 Å². The van der Waals surface area contributed by atoms with E-state index in [1.54, 1.807) is 24.3 Å². The molecule has 0 fully saturated rings. The first kappa shape index (κ1) is 14.8. The van der Waals surface area contributed by atoms with E-state index in [4.69, 9.17) is 4.74 Å². The Hall–Kier alpha value is -1.61. The molecule has 0 radical (unpaired) electrons. The Labute approximate surface area is 133 Å². The minimum atomic E-state index is -0.253. The molecule has 2 aromatic rings. The second kappa shape index (κ2) is 6.71. The average molecular weight is 402 g/mol. The van der Waals surface area contributed by atoms with E-state index in [0.29, 0.717) is 14.2 Å². The number of benzene rings is 1. The smallest absolute Gasteiger partial charge is 0.281 e. The molecule has 0 saturated carbocycles. The van der Waals surface area contributed by atoms with Crippen LogP contribution in [0.4, 0.5) is 0 Å². The monoisotopic (exact) mass is 402 g/mol. The summed E-state index contributed by atoms with van der Waals surface area (Å²) >= 11 is 3.34. The van der Waals surface area contributed by atoms with Crippen molar-refractivity contribution in [2.24, 2.45) is 5.10 Å². The van der Waals surface area contributed by atoms with Crippen LogP contribution < -0.4 is 10.2 Å². The van der Waals surface area contributed by atoms with Crippen LogP contribution in [0.2, 0.25) is 0 Å². The lowest BCUT2D eigenvalue weighted by atomic mass is 10.2. The summed E-state index contributed by atoms with van der Waals surface area (Å²) in [7, 11) is 1.48. The van der Waals surface area contributed by atoms with Gasteiger partial charge in [-0.15, -0.1) is 11.3 Å². The molecule has 2 N–H and O–H groups in total. The molecule has 0 bridgehead atoms. The molecular weight excluding hydrogens is 391 g/mol. The number of phenolic OH excluding ortho intramolecular Hbond substituents is 1. The van der Waals surface area contributed by atoms with Gasteiger partial charge in [-0.3, -0.25) is 4.79 Å². The number of hydrogen-bond donors (Lipinski definition) is 2. The van der Waals surface area contributed by atoms with Gasteiger partial charge >= 0.3 is 0 Å². The third-order valence-electron chi connectivity index (χ3n) is 2.40. The van der Waals surface area contributed by atoms with Crippen molar-refractivity contribution in [3.8, 4) is 11.5 Å². The third-order valence-corrected chi connectivity index (χ3v) is 4.09. The Morgan fingerprint density at radius 1 is 1.55 bits per heavy atom. The van der Waals surface area contributed by atoms with Crippen LogP contribution in [0.5, 0.6) is 11.5 Å². The SMILES string of the molecule is COc1cc(/C=N/NC(=O)c2cccs2)cc(I)c1O. The summed E-state index contributed by atoms with van der Waals surface area (Å²) < 4.78 is 5.70. The molecule has 2 rings (SSSR count). The van der Waals surface area contributed by atoms with Gasteiger partial charge in [-0.05, 0) is 51.7 Å². The maximum Gasteiger partial charge on any atom is 0.281 e. The van der Waals surface area contributed by atoms with Crippen LogP contribution in [-0.4, -0.2) is 24.3 Å². The quantitative estimate of drug-likeness (QED) is 0.470. The summed E-state index contributed by atoms with van der Waals surface area (Å²) in [6, 6.07) is 6.90. The maximum absolute atomic E-state index is 11.7. The van der Waals surface area contributed by atoms with Gasteiger partial charge in [-0.25, -0.2) is 5.43 Å². The standard InChI is InChI=1S/C13H11IN2O3S/c1-19-10-6-8(5-9(14)12(10)17)7-15-16-13(18)11-3-2-4-20-11/h2-7,17H,1H3,(H,16,18)/b15-7+. The molecule has 0 unspecified atom stereocenters. The highest BCUT2D eigenvalue weighted by atomic mass is 127. The van der Waals surface area contributed by atoms with E-state index >= 15 is 0 Å². The van der Waals surface area contributed by atoms with Crippen molar-refractivity contribution in [1.82, 2.24) is 5.43 Å². The lowest BCUT2D eigenvalue weighted by molar-refractivity contribution is 0.0959. The zero-order chi connectivity index (χ0) is 14.5. The van der Waals surface area contributed by atoms with Gasteiger partial charge < -0.3 is 9.84 Å². The number of methoxy groups -OCH3 is 1. The second-order valence-electron chi connectivity index (χ2n) is 3.73. The molecule has 0 saturated heterocycles. The molecule has 0 aliphatic carbocycles. The lowest BCUT2D eigenvalue weighted by Crippen LogP contribution is -2.16. The van der Waals surface area contributed by atoms with Gasteiger partial charge in [0.1, 0.15) is 0 Å². The minimum absolute atomic E-state index is 0.0906. The van der Waals surface area contributed by atoms with E-state index in [0.717, 1.165) is 5.56 Å². The van der Waals surface area contributed by atoms with E-state index in [1.165, 1.54) is 24.7 Å². The molecule has 1 aromatic heterocycles. The van der Waals surface area contributed by atoms with E-state index in [2.05, 4.69) is 10.5 Å². The number of hydrogen-bond acceptors (Lipinski definition) is 5. The number of thiophene rings is 1. The number of carbonyl (C=O) groups is 1. The molecule has 104 valence electrons. The number of phenols is 1. The molecule has 1 heterocycles. The second-order valence-corrected chi connectivity index (χ2v) is 5.84. The zero-order valence-electron chi connectivity index (χ0n) is 10.5. The predicted octanol–water partition coefficient (Wildman–Crippen LogP) is 2.83. The first-order valence-corrected chi connectivity index (χ1v) is 7.51. The van der Waals surface area contributed by atoms with Gasteiger partial charge in [0, 0.05) is 0 Å². The van der Waals surface area contributed by atoms with Crippen molar-refractivity contribution in [2.75, 3.05) is 7.11 Å². The van der Waals surface area contributed by atoms with Gasteiger partial charge in [0.2, 0.25) is 0 Å². The Kier molecular flexibility index (Phi) is 4.96. The number of ether oxygens (including phenoxy) is 1. The van der Waals surface area contributed by atoms with Crippen LogP contribution in [0.1, 0.15) is 15.2 Å². The first-order chi connectivity index (χ1) is 9.61. The number of rotatable bonds is 4. The summed E-state index contributed by atoms with van der Waals surface area (Å²) in [6.07, 6.45) is 1.50. The first-order valence-electron chi connectivity index (χ1n) is 5.55. The summed E-state index contributed by atoms with van der Waals surface area (Å²) in [5.74, 6) is 0.201. The van der Waals surface area contributed by atoms with Crippen molar-refractivity contribution < 1.29 is 14.6 Å². The Bertz CT molecular complexity index is 641. The van der Waals surface area contributed by atoms with Gasteiger partial charge in [0.05, 0.1) is 21.8 Å². The molecule has 5 nitrogen and oxygen atoms in total. The number of halogens is 1. The Balaban J connectivity index is 2.08.